The number of aromatic nitrogens is 2. The molecule has 3 aromatic rings. The molecule has 0 unspecified atom stereocenters. The normalized spacial score (nSPS) is 16.1. The van der Waals surface area contributed by atoms with Gasteiger partial charge in [-0.15, -0.1) is 0 Å². The summed E-state index contributed by atoms with van der Waals surface area (Å²) in [6, 6.07) is 15.5. The summed E-state index contributed by atoms with van der Waals surface area (Å²) >= 11 is 0. The van der Waals surface area contributed by atoms with Gasteiger partial charge in [-0.25, -0.2) is 4.79 Å². The van der Waals surface area contributed by atoms with Crippen molar-refractivity contribution in [1.82, 2.24) is 14.9 Å². The number of fused-ring (bicyclic) bond motifs is 1. The van der Waals surface area contributed by atoms with Gasteiger partial charge in [-0.1, -0.05) is 36.4 Å². The molecule has 0 bridgehead atoms. The number of H-pyrrole nitrogens is 2. The van der Waals surface area contributed by atoms with Gasteiger partial charge in [0, 0.05) is 18.8 Å². The number of nitrogens with zero attached hydrogens (tertiary/aromatic N) is 1. The summed E-state index contributed by atoms with van der Waals surface area (Å²) in [4.78, 5) is 31.6. The number of rotatable bonds is 4. The van der Waals surface area contributed by atoms with Crippen molar-refractivity contribution < 1.29 is 4.79 Å². The Morgan fingerprint density at radius 2 is 1.89 bits per heavy atom. The fraction of sp³-hybridized carbons (Fsp3) is 0.238. The largest absolute Gasteiger partial charge is 0.325 e. The molecule has 3 N–H and O–H groups in total. The molecule has 27 heavy (non-hydrogen) atoms. The van der Waals surface area contributed by atoms with Crippen LogP contribution < -0.4 is 11.0 Å². The Kier molecular flexibility index (Phi) is 4.64. The van der Waals surface area contributed by atoms with Gasteiger partial charge in [-0.3, -0.25) is 9.69 Å². The van der Waals surface area contributed by atoms with E-state index >= 15 is 0 Å². The summed E-state index contributed by atoms with van der Waals surface area (Å²) in [6.45, 7) is 3.52. The van der Waals surface area contributed by atoms with Crippen LogP contribution in [0.1, 0.15) is 18.9 Å². The first-order chi connectivity index (χ1) is 13.1. The van der Waals surface area contributed by atoms with Crippen molar-refractivity contribution in [1.29, 1.82) is 0 Å². The molecule has 1 aromatic heterocycles. The monoisotopic (exact) mass is 362 g/mol. The van der Waals surface area contributed by atoms with Crippen molar-refractivity contribution in [2.45, 2.75) is 19.4 Å². The van der Waals surface area contributed by atoms with Crippen LogP contribution in [-0.4, -0.2) is 39.9 Å². The topological polar surface area (TPSA) is 81.0 Å². The van der Waals surface area contributed by atoms with E-state index in [0.717, 1.165) is 25.0 Å². The fourth-order valence-corrected chi connectivity index (χ4v) is 3.47. The second kappa shape index (κ2) is 7.25. The number of nitrogens with one attached hydrogen (secondary N) is 3. The zero-order chi connectivity index (χ0) is 18.8. The number of carbonyl (C=O) groups excluding carboxylic acids is 1. The first kappa shape index (κ1) is 17.3. The summed E-state index contributed by atoms with van der Waals surface area (Å²) in [7, 11) is 0. The minimum absolute atomic E-state index is 0.0520. The lowest BCUT2D eigenvalue weighted by atomic mass is 9.99. The zero-order valence-electron chi connectivity index (χ0n) is 15.2. The number of carbonyl (C=O) groups is 1. The van der Waals surface area contributed by atoms with E-state index in [2.05, 4.69) is 38.4 Å². The standard InChI is InChI=1S/C21H22N4O2/c1-14(25-11-9-16(10-12-25)15-5-3-2-4-6-15)20(26)22-17-7-8-18-19(13-17)24-21(27)23-18/h2-9,13-14H,10-12H2,1H3,(H,22,26)(H2,23,24,27)/t14-/m0/s1. The average molecular weight is 362 g/mol. The Bertz CT molecular complexity index is 1050. The summed E-state index contributed by atoms with van der Waals surface area (Å²) in [5, 5.41) is 2.95. The van der Waals surface area contributed by atoms with Gasteiger partial charge >= 0.3 is 5.69 Å². The second-order valence-electron chi connectivity index (χ2n) is 6.85. The third-order valence-corrected chi connectivity index (χ3v) is 5.10. The fourth-order valence-electron chi connectivity index (χ4n) is 3.47. The maximum absolute atomic E-state index is 12.7. The molecular weight excluding hydrogens is 340 g/mol. The van der Waals surface area contributed by atoms with Crippen LogP contribution in [0.3, 0.4) is 0 Å². The van der Waals surface area contributed by atoms with Crippen LogP contribution in [0.5, 0.6) is 0 Å². The smallest absolute Gasteiger partial charge is 0.323 e. The van der Waals surface area contributed by atoms with Gasteiger partial charge in [0.25, 0.3) is 0 Å². The Hall–Kier alpha value is -3.12. The Balaban J connectivity index is 1.41. The van der Waals surface area contributed by atoms with E-state index in [1.807, 2.05) is 25.1 Å². The highest BCUT2D eigenvalue weighted by molar-refractivity contribution is 5.96. The minimum atomic E-state index is -0.254. The zero-order valence-corrected chi connectivity index (χ0v) is 15.2. The van der Waals surface area contributed by atoms with Crippen LogP contribution in [0.4, 0.5) is 5.69 Å². The summed E-state index contributed by atoms with van der Waals surface area (Å²) in [5.41, 5.74) is 4.41. The summed E-state index contributed by atoms with van der Waals surface area (Å²) < 4.78 is 0. The van der Waals surface area contributed by atoms with E-state index in [4.69, 9.17) is 0 Å². The third kappa shape index (κ3) is 3.71. The molecule has 0 spiro atoms. The van der Waals surface area contributed by atoms with Crippen molar-refractivity contribution >= 4 is 28.2 Å². The van der Waals surface area contributed by atoms with Crippen molar-refractivity contribution in [3.8, 4) is 0 Å². The number of imidazole rings is 1. The summed E-state index contributed by atoms with van der Waals surface area (Å²) in [5.74, 6) is -0.0520. The highest BCUT2D eigenvalue weighted by atomic mass is 16.2. The molecule has 0 saturated heterocycles. The van der Waals surface area contributed by atoms with Gasteiger partial charge in [0.2, 0.25) is 5.91 Å². The van der Waals surface area contributed by atoms with Crippen LogP contribution in [0.15, 0.2) is 59.4 Å². The Labute approximate surface area is 156 Å². The van der Waals surface area contributed by atoms with Gasteiger partial charge in [0.15, 0.2) is 0 Å². The lowest BCUT2D eigenvalue weighted by molar-refractivity contribution is -0.120. The molecule has 2 aromatic carbocycles. The van der Waals surface area contributed by atoms with E-state index in [-0.39, 0.29) is 17.6 Å². The van der Waals surface area contributed by atoms with E-state index < -0.39 is 0 Å². The summed E-state index contributed by atoms with van der Waals surface area (Å²) in [6.07, 6.45) is 3.14. The predicted octanol–water partition coefficient (Wildman–Crippen LogP) is 2.97. The van der Waals surface area contributed by atoms with Crippen LogP contribution in [0.2, 0.25) is 0 Å². The molecular formula is C21H22N4O2. The predicted molar refractivity (Wildman–Crippen MR) is 108 cm³/mol. The highest BCUT2D eigenvalue weighted by Gasteiger charge is 2.23. The van der Waals surface area contributed by atoms with Crippen molar-refractivity contribution in [2.24, 2.45) is 0 Å². The van der Waals surface area contributed by atoms with E-state index in [1.54, 1.807) is 18.2 Å². The maximum atomic E-state index is 12.7. The van der Waals surface area contributed by atoms with Crippen molar-refractivity contribution in [3.05, 3.63) is 70.7 Å². The average Bonchev–Trinajstić information content (AvgIpc) is 3.07. The van der Waals surface area contributed by atoms with Crippen LogP contribution in [0.25, 0.3) is 16.6 Å². The quantitative estimate of drug-likeness (QED) is 0.667. The van der Waals surface area contributed by atoms with Gasteiger partial charge in [0.1, 0.15) is 0 Å². The number of anilines is 1. The lowest BCUT2D eigenvalue weighted by Gasteiger charge is -2.31. The number of benzene rings is 2. The lowest BCUT2D eigenvalue weighted by Crippen LogP contribution is -2.44. The van der Waals surface area contributed by atoms with E-state index in [0.29, 0.717) is 11.2 Å². The molecule has 0 radical (unpaired) electrons. The molecule has 2 heterocycles. The molecule has 0 aliphatic carbocycles. The highest BCUT2D eigenvalue weighted by Crippen LogP contribution is 2.23. The number of aromatic amines is 2. The molecule has 138 valence electrons. The molecule has 0 fully saturated rings. The Morgan fingerprint density at radius 3 is 2.63 bits per heavy atom. The third-order valence-electron chi connectivity index (χ3n) is 5.10. The first-order valence-corrected chi connectivity index (χ1v) is 9.11. The number of hydrogen-bond donors (Lipinski definition) is 3. The molecule has 1 aliphatic rings. The first-order valence-electron chi connectivity index (χ1n) is 9.11. The van der Waals surface area contributed by atoms with Gasteiger partial charge < -0.3 is 15.3 Å². The molecule has 4 rings (SSSR count). The second-order valence-corrected chi connectivity index (χ2v) is 6.85. The molecule has 1 amide bonds. The van der Waals surface area contributed by atoms with E-state index in [1.165, 1.54) is 11.1 Å². The molecule has 1 aliphatic heterocycles. The molecule has 6 heteroatoms. The van der Waals surface area contributed by atoms with Crippen LogP contribution in [-0.2, 0) is 4.79 Å². The molecule has 6 nitrogen and oxygen atoms in total. The molecule has 0 saturated carbocycles. The van der Waals surface area contributed by atoms with Crippen LogP contribution in [0, 0.1) is 0 Å². The Morgan fingerprint density at radius 1 is 1.11 bits per heavy atom. The molecule has 1 atom stereocenters. The maximum Gasteiger partial charge on any atom is 0.323 e. The van der Waals surface area contributed by atoms with Gasteiger partial charge in [0.05, 0.1) is 17.1 Å². The minimum Gasteiger partial charge on any atom is -0.325 e. The van der Waals surface area contributed by atoms with Crippen LogP contribution >= 0.6 is 0 Å². The SMILES string of the molecule is C[C@@H](C(=O)Nc1ccc2[nH]c(=O)[nH]c2c1)N1CC=C(c2ccccc2)CC1. The number of amides is 1. The van der Waals surface area contributed by atoms with E-state index in [9.17, 15) is 9.59 Å². The van der Waals surface area contributed by atoms with Crippen molar-refractivity contribution in [3.63, 3.8) is 0 Å². The van der Waals surface area contributed by atoms with Gasteiger partial charge in [-0.05, 0) is 42.7 Å². The van der Waals surface area contributed by atoms with Gasteiger partial charge in [-0.2, -0.15) is 0 Å². The van der Waals surface area contributed by atoms with Crippen molar-refractivity contribution in [2.75, 3.05) is 18.4 Å². The number of hydrogen-bond acceptors (Lipinski definition) is 3.